The first-order chi connectivity index (χ1) is 13.3. The van der Waals surface area contributed by atoms with E-state index in [0.717, 1.165) is 12.1 Å². The first-order valence-electron chi connectivity index (χ1n) is 9.07. The van der Waals surface area contributed by atoms with Gasteiger partial charge in [0.05, 0.1) is 13.4 Å². The van der Waals surface area contributed by atoms with Crippen LogP contribution >= 0.6 is 0 Å². The van der Waals surface area contributed by atoms with Gasteiger partial charge >= 0.3 is 0 Å². The molecule has 1 amide bonds. The summed E-state index contributed by atoms with van der Waals surface area (Å²) in [7, 11) is -1.53. The molecular weight excluding hydrogens is 378 g/mol. The van der Waals surface area contributed by atoms with Crippen molar-refractivity contribution in [1.29, 1.82) is 0 Å². The standard InChI is InChI=1S/C20H25N3O4S/c1-27-19-5-3-4-18(14-19)21-20(24)17-8-6-16(7-9-17)15-22-10-12-23(13-11-22)28(2,25)26/h3-9,14H,10-13,15H2,1-2H3,(H,21,24). The van der Waals surface area contributed by atoms with Crippen molar-refractivity contribution in [3.05, 3.63) is 59.7 Å². The summed E-state index contributed by atoms with van der Waals surface area (Å²) in [6, 6.07) is 14.7. The average molecular weight is 404 g/mol. The number of sulfonamides is 1. The van der Waals surface area contributed by atoms with Gasteiger partial charge in [0.1, 0.15) is 5.75 Å². The maximum atomic E-state index is 12.4. The predicted molar refractivity (Wildman–Crippen MR) is 109 cm³/mol. The largest absolute Gasteiger partial charge is 0.497 e. The topological polar surface area (TPSA) is 79.0 Å². The van der Waals surface area contributed by atoms with E-state index in [1.54, 1.807) is 25.3 Å². The predicted octanol–water partition coefficient (Wildman–Crippen LogP) is 2.02. The van der Waals surface area contributed by atoms with Crippen molar-refractivity contribution in [3.8, 4) is 5.75 Å². The number of carbonyl (C=O) groups excluding carboxylic acids is 1. The maximum Gasteiger partial charge on any atom is 0.255 e. The molecule has 1 N–H and O–H groups in total. The molecule has 0 atom stereocenters. The monoisotopic (exact) mass is 403 g/mol. The fourth-order valence-electron chi connectivity index (χ4n) is 3.14. The number of ether oxygens (including phenoxy) is 1. The van der Waals surface area contributed by atoms with E-state index in [0.29, 0.717) is 43.2 Å². The highest BCUT2D eigenvalue weighted by Gasteiger charge is 2.23. The van der Waals surface area contributed by atoms with Gasteiger partial charge in [-0.05, 0) is 29.8 Å². The summed E-state index contributed by atoms with van der Waals surface area (Å²) in [5, 5.41) is 2.86. The Balaban J connectivity index is 1.55. The Morgan fingerprint density at radius 3 is 2.36 bits per heavy atom. The Labute approximate surface area is 166 Å². The van der Waals surface area contributed by atoms with Gasteiger partial charge in [-0.15, -0.1) is 0 Å². The van der Waals surface area contributed by atoms with Crippen LogP contribution in [0.4, 0.5) is 5.69 Å². The van der Waals surface area contributed by atoms with Gasteiger partial charge in [0.15, 0.2) is 0 Å². The Kier molecular flexibility index (Phi) is 6.33. The second kappa shape index (κ2) is 8.72. The normalized spacial score (nSPS) is 15.9. The highest BCUT2D eigenvalue weighted by molar-refractivity contribution is 7.88. The molecule has 1 aliphatic rings. The number of rotatable bonds is 6. The Morgan fingerprint density at radius 1 is 1.07 bits per heavy atom. The molecule has 3 rings (SSSR count). The van der Waals surface area contributed by atoms with Crippen molar-refractivity contribution in [2.45, 2.75) is 6.54 Å². The van der Waals surface area contributed by atoms with Crippen LogP contribution in [0, 0.1) is 0 Å². The molecule has 8 heteroatoms. The SMILES string of the molecule is COc1cccc(NC(=O)c2ccc(CN3CCN(S(C)(=O)=O)CC3)cc2)c1. The van der Waals surface area contributed by atoms with Crippen LogP contribution in [0.5, 0.6) is 5.75 Å². The van der Waals surface area contributed by atoms with Gasteiger partial charge in [0, 0.05) is 50.0 Å². The molecule has 1 fully saturated rings. The minimum absolute atomic E-state index is 0.179. The summed E-state index contributed by atoms with van der Waals surface area (Å²) < 4.78 is 29.8. The molecule has 1 heterocycles. The molecule has 2 aromatic carbocycles. The van der Waals surface area contributed by atoms with Crippen molar-refractivity contribution in [2.75, 3.05) is 44.9 Å². The zero-order valence-corrected chi connectivity index (χ0v) is 16.9. The van der Waals surface area contributed by atoms with Gasteiger partial charge < -0.3 is 10.1 Å². The highest BCUT2D eigenvalue weighted by atomic mass is 32.2. The van der Waals surface area contributed by atoms with E-state index in [9.17, 15) is 13.2 Å². The number of anilines is 1. The van der Waals surface area contributed by atoms with Gasteiger partial charge in [-0.2, -0.15) is 4.31 Å². The fourth-order valence-corrected chi connectivity index (χ4v) is 3.97. The summed E-state index contributed by atoms with van der Waals surface area (Å²) in [6.45, 7) is 3.16. The van der Waals surface area contributed by atoms with Gasteiger partial charge in [-0.25, -0.2) is 8.42 Å². The van der Waals surface area contributed by atoms with Gasteiger partial charge in [-0.3, -0.25) is 9.69 Å². The lowest BCUT2D eigenvalue weighted by Crippen LogP contribution is -2.47. The van der Waals surface area contributed by atoms with E-state index in [1.807, 2.05) is 30.3 Å². The third kappa shape index (κ3) is 5.31. The van der Waals surface area contributed by atoms with Crippen molar-refractivity contribution in [3.63, 3.8) is 0 Å². The number of carbonyl (C=O) groups is 1. The van der Waals surface area contributed by atoms with Crippen LogP contribution < -0.4 is 10.1 Å². The van der Waals surface area contributed by atoms with E-state index in [1.165, 1.54) is 10.6 Å². The minimum atomic E-state index is -3.11. The zero-order valence-electron chi connectivity index (χ0n) is 16.1. The molecule has 0 spiro atoms. The first kappa shape index (κ1) is 20.3. The molecule has 0 aliphatic carbocycles. The van der Waals surface area contributed by atoms with Gasteiger partial charge in [0.25, 0.3) is 5.91 Å². The smallest absolute Gasteiger partial charge is 0.255 e. The zero-order chi connectivity index (χ0) is 20.1. The molecule has 150 valence electrons. The number of hydrogen-bond acceptors (Lipinski definition) is 5. The molecule has 0 radical (unpaired) electrons. The highest BCUT2D eigenvalue weighted by Crippen LogP contribution is 2.18. The lowest BCUT2D eigenvalue weighted by Gasteiger charge is -2.33. The van der Waals surface area contributed by atoms with Crippen LogP contribution in [-0.2, 0) is 16.6 Å². The summed E-state index contributed by atoms with van der Waals surface area (Å²) in [5.41, 5.74) is 2.34. The quantitative estimate of drug-likeness (QED) is 0.798. The lowest BCUT2D eigenvalue weighted by molar-refractivity contribution is 0.102. The first-order valence-corrected chi connectivity index (χ1v) is 10.9. The summed E-state index contributed by atoms with van der Waals surface area (Å²) in [5.74, 6) is 0.505. The lowest BCUT2D eigenvalue weighted by atomic mass is 10.1. The van der Waals surface area contributed by atoms with Gasteiger partial charge in [0.2, 0.25) is 10.0 Å². The van der Waals surface area contributed by atoms with Crippen LogP contribution in [0.3, 0.4) is 0 Å². The molecule has 1 saturated heterocycles. The molecular formula is C20H25N3O4S. The summed E-state index contributed by atoms with van der Waals surface area (Å²) in [4.78, 5) is 14.6. The van der Waals surface area contributed by atoms with E-state index in [4.69, 9.17) is 4.74 Å². The van der Waals surface area contributed by atoms with Crippen LogP contribution in [0.2, 0.25) is 0 Å². The molecule has 0 aromatic heterocycles. The van der Waals surface area contributed by atoms with E-state index < -0.39 is 10.0 Å². The van der Waals surface area contributed by atoms with Crippen molar-refractivity contribution in [2.24, 2.45) is 0 Å². The van der Waals surface area contributed by atoms with E-state index in [-0.39, 0.29) is 5.91 Å². The third-order valence-electron chi connectivity index (χ3n) is 4.75. The Morgan fingerprint density at radius 2 is 1.75 bits per heavy atom. The molecule has 0 bridgehead atoms. The van der Waals surface area contributed by atoms with Crippen LogP contribution in [-0.4, -0.2) is 63.1 Å². The Hall–Kier alpha value is -2.42. The molecule has 28 heavy (non-hydrogen) atoms. The average Bonchev–Trinajstić information content (AvgIpc) is 2.68. The number of piperazine rings is 1. The summed E-state index contributed by atoms with van der Waals surface area (Å²) in [6.07, 6.45) is 1.25. The second-order valence-corrected chi connectivity index (χ2v) is 8.80. The molecule has 1 aliphatic heterocycles. The number of hydrogen-bond donors (Lipinski definition) is 1. The fraction of sp³-hybridized carbons (Fsp3) is 0.350. The maximum absolute atomic E-state index is 12.4. The van der Waals surface area contributed by atoms with Gasteiger partial charge in [-0.1, -0.05) is 18.2 Å². The van der Waals surface area contributed by atoms with E-state index >= 15 is 0 Å². The summed E-state index contributed by atoms with van der Waals surface area (Å²) >= 11 is 0. The van der Waals surface area contributed by atoms with Crippen LogP contribution in [0.25, 0.3) is 0 Å². The third-order valence-corrected chi connectivity index (χ3v) is 6.05. The van der Waals surface area contributed by atoms with Crippen molar-refractivity contribution < 1.29 is 17.9 Å². The molecule has 0 saturated carbocycles. The van der Waals surface area contributed by atoms with Crippen LogP contribution in [0.1, 0.15) is 15.9 Å². The molecule has 2 aromatic rings. The number of benzene rings is 2. The number of methoxy groups -OCH3 is 1. The number of nitrogens with one attached hydrogen (secondary N) is 1. The van der Waals surface area contributed by atoms with Crippen molar-refractivity contribution >= 4 is 21.6 Å². The minimum Gasteiger partial charge on any atom is -0.497 e. The van der Waals surface area contributed by atoms with Crippen molar-refractivity contribution in [1.82, 2.24) is 9.21 Å². The van der Waals surface area contributed by atoms with Crippen LogP contribution in [0.15, 0.2) is 48.5 Å². The second-order valence-electron chi connectivity index (χ2n) is 6.82. The number of amides is 1. The molecule has 0 unspecified atom stereocenters. The number of nitrogens with zero attached hydrogens (tertiary/aromatic N) is 2. The molecule has 7 nitrogen and oxygen atoms in total. The van der Waals surface area contributed by atoms with E-state index in [2.05, 4.69) is 10.2 Å². The Bertz CT molecular complexity index is 921.